The molecule has 0 saturated carbocycles. The summed E-state index contributed by atoms with van der Waals surface area (Å²) in [6.07, 6.45) is 5.07. The predicted molar refractivity (Wildman–Crippen MR) is 112 cm³/mol. The maximum atomic E-state index is 14.4. The maximum absolute atomic E-state index is 14.4. The monoisotopic (exact) mass is 390 g/mol. The van der Waals surface area contributed by atoms with Crippen molar-refractivity contribution in [3.8, 4) is 11.1 Å². The fourth-order valence-electron chi connectivity index (χ4n) is 3.46. The molecule has 1 aliphatic rings. The third kappa shape index (κ3) is 4.49. The van der Waals surface area contributed by atoms with Crippen molar-refractivity contribution >= 4 is 11.7 Å². The van der Waals surface area contributed by atoms with Gasteiger partial charge in [0, 0.05) is 60.7 Å². The van der Waals surface area contributed by atoms with E-state index >= 15 is 0 Å². The Labute approximate surface area is 169 Å². The average Bonchev–Trinajstić information content (AvgIpc) is 2.79. The van der Waals surface area contributed by atoms with Gasteiger partial charge in [0.25, 0.3) is 0 Å². The minimum Gasteiger partial charge on any atom is -0.392 e. The zero-order chi connectivity index (χ0) is 20.1. The lowest BCUT2D eigenvalue weighted by Crippen LogP contribution is -2.35. The summed E-state index contributed by atoms with van der Waals surface area (Å²) >= 11 is 0. The predicted octanol–water partition coefficient (Wildman–Crippen LogP) is 4.02. The topological polar surface area (TPSA) is 61.6 Å². The summed E-state index contributed by atoms with van der Waals surface area (Å²) in [4.78, 5) is 15.8. The second kappa shape index (κ2) is 8.92. The van der Waals surface area contributed by atoms with E-state index in [1.807, 2.05) is 18.2 Å². The Hall–Kier alpha value is -3.12. The molecule has 0 aliphatic carbocycles. The molecule has 2 heterocycles. The van der Waals surface area contributed by atoms with E-state index in [0.29, 0.717) is 17.1 Å². The van der Waals surface area contributed by atoms with E-state index in [1.165, 1.54) is 11.3 Å². The quantitative estimate of drug-likeness (QED) is 0.715. The molecule has 4 rings (SSSR count). The molecule has 0 radical (unpaired) electrons. The van der Waals surface area contributed by atoms with Crippen molar-refractivity contribution in [3.05, 3.63) is 77.9 Å². The van der Waals surface area contributed by atoms with Crippen molar-refractivity contribution in [2.45, 2.75) is 26.0 Å². The smallest absolute Gasteiger partial charge is 0.225 e. The molecular formula is C23H23FN4O. The summed E-state index contributed by atoms with van der Waals surface area (Å²) < 4.78 is 14.4. The standard InChI is InChI=1S/C23H23FN4O/c24-22-18(16-29)7-4-8-21(22)19-14-26-23(27-15-19)28-11-9-20(10-12-28)25-13-17-5-2-1-3-6-17/h1-8,14-15,29H,9-13,16H2. The summed E-state index contributed by atoms with van der Waals surface area (Å²) in [5.74, 6) is 0.221. The first-order valence-electron chi connectivity index (χ1n) is 9.76. The largest absolute Gasteiger partial charge is 0.392 e. The number of aromatic nitrogens is 2. The van der Waals surface area contributed by atoms with Gasteiger partial charge in [-0.3, -0.25) is 4.99 Å². The first kappa shape index (κ1) is 19.2. The molecule has 1 N–H and O–H groups in total. The van der Waals surface area contributed by atoms with Crippen LogP contribution in [0.3, 0.4) is 0 Å². The van der Waals surface area contributed by atoms with Crippen LogP contribution >= 0.6 is 0 Å². The molecule has 1 aliphatic heterocycles. The van der Waals surface area contributed by atoms with Crippen LogP contribution in [0.15, 0.2) is 65.9 Å². The Morgan fingerprint density at radius 2 is 1.69 bits per heavy atom. The molecule has 1 aromatic heterocycles. The number of aliphatic hydroxyl groups excluding tert-OH is 1. The second-order valence-electron chi connectivity index (χ2n) is 7.06. The Balaban J connectivity index is 1.39. The molecule has 1 saturated heterocycles. The average molecular weight is 390 g/mol. The minimum atomic E-state index is -0.427. The van der Waals surface area contributed by atoms with Gasteiger partial charge in [-0.05, 0) is 5.56 Å². The lowest BCUT2D eigenvalue weighted by atomic mass is 10.1. The number of nitrogens with zero attached hydrogens (tertiary/aromatic N) is 4. The van der Waals surface area contributed by atoms with Crippen molar-refractivity contribution in [1.29, 1.82) is 0 Å². The van der Waals surface area contributed by atoms with Gasteiger partial charge in [0.05, 0.1) is 13.2 Å². The maximum Gasteiger partial charge on any atom is 0.225 e. The van der Waals surface area contributed by atoms with Crippen LogP contribution in [0.4, 0.5) is 10.3 Å². The highest BCUT2D eigenvalue weighted by Crippen LogP contribution is 2.25. The van der Waals surface area contributed by atoms with Crippen molar-refractivity contribution in [2.24, 2.45) is 4.99 Å². The molecule has 6 heteroatoms. The molecule has 2 aromatic carbocycles. The van der Waals surface area contributed by atoms with Crippen LogP contribution in [0.25, 0.3) is 11.1 Å². The molecule has 5 nitrogen and oxygen atoms in total. The number of piperidine rings is 1. The van der Waals surface area contributed by atoms with Crippen molar-refractivity contribution in [1.82, 2.24) is 9.97 Å². The van der Waals surface area contributed by atoms with Crippen LogP contribution in [0, 0.1) is 5.82 Å². The fraction of sp³-hybridized carbons (Fsp3) is 0.261. The molecule has 29 heavy (non-hydrogen) atoms. The first-order valence-corrected chi connectivity index (χ1v) is 9.76. The number of anilines is 1. The van der Waals surface area contributed by atoms with E-state index in [4.69, 9.17) is 4.99 Å². The van der Waals surface area contributed by atoms with Gasteiger partial charge in [-0.2, -0.15) is 0 Å². The van der Waals surface area contributed by atoms with Crippen LogP contribution in [0.5, 0.6) is 0 Å². The van der Waals surface area contributed by atoms with Crippen LogP contribution in [-0.2, 0) is 13.2 Å². The number of aliphatic imine (C=N–C) groups is 1. The molecule has 1 fully saturated rings. The fourth-order valence-corrected chi connectivity index (χ4v) is 3.46. The number of hydrogen-bond acceptors (Lipinski definition) is 5. The van der Waals surface area contributed by atoms with E-state index in [0.717, 1.165) is 32.5 Å². The highest BCUT2D eigenvalue weighted by Gasteiger charge is 2.18. The molecule has 0 bridgehead atoms. The third-order valence-electron chi connectivity index (χ3n) is 5.15. The lowest BCUT2D eigenvalue weighted by Gasteiger charge is -2.27. The van der Waals surface area contributed by atoms with E-state index < -0.39 is 5.82 Å². The van der Waals surface area contributed by atoms with Gasteiger partial charge in [0.2, 0.25) is 5.95 Å². The summed E-state index contributed by atoms with van der Waals surface area (Å²) in [5.41, 5.74) is 3.72. The summed E-state index contributed by atoms with van der Waals surface area (Å²) in [5, 5.41) is 9.24. The van der Waals surface area contributed by atoms with Crippen LogP contribution < -0.4 is 4.90 Å². The minimum absolute atomic E-state index is 0.268. The van der Waals surface area contributed by atoms with E-state index in [2.05, 4.69) is 27.0 Å². The molecular weight excluding hydrogens is 367 g/mol. The van der Waals surface area contributed by atoms with Crippen molar-refractivity contribution in [2.75, 3.05) is 18.0 Å². The number of benzene rings is 2. The van der Waals surface area contributed by atoms with E-state index in [1.54, 1.807) is 30.6 Å². The molecule has 0 amide bonds. The molecule has 0 unspecified atom stereocenters. The number of halogens is 1. The van der Waals surface area contributed by atoms with Gasteiger partial charge in [-0.1, -0.05) is 48.5 Å². The molecule has 0 spiro atoms. The SMILES string of the molecule is OCc1cccc(-c2cnc(N3CCC(=NCc4ccccc4)CC3)nc2)c1F. The molecule has 148 valence electrons. The highest BCUT2D eigenvalue weighted by molar-refractivity contribution is 5.86. The molecule has 3 aromatic rings. The Morgan fingerprint density at radius 1 is 0.966 bits per heavy atom. The summed E-state index contributed by atoms with van der Waals surface area (Å²) in [6, 6.07) is 15.2. The lowest BCUT2D eigenvalue weighted by molar-refractivity contribution is 0.276. The summed E-state index contributed by atoms with van der Waals surface area (Å²) in [6.45, 7) is 2.03. The van der Waals surface area contributed by atoms with E-state index in [9.17, 15) is 9.50 Å². The number of hydrogen-bond donors (Lipinski definition) is 1. The van der Waals surface area contributed by atoms with Gasteiger partial charge < -0.3 is 10.0 Å². The van der Waals surface area contributed by atoms with Gasteiger partial charge in [0.1, 0.15) is 5.82 Å². The second-order valence-corrected chi connectivity index (χ2v) is 7.06. The van der Waals surface area contributed by atoms with Crippen molar-refractivity contribution < 1.29 is 9.50 Å². The van der Waals surface area contributed by atoms with Crippen LogP contribution in [0.2, 0.25) is 0 Å². The van der Waals surface area contributed by atoms with Gasteiger partial charge in [-0.25, -0.2) is 14.4 Å². The Kier molecular flexibility index (Phi) is 5.91. The van der Waals surface area contributed by atoms with Crippen LogP contribution in [-0.4, -0.2) is 33.9 Å². The first-order chi connectivity index (χ1) is 14.2. The normalized spacial score (nSPS) is 14.1. The Morgan fingerprint density at radius 3 is 2.38 bits per heavy atom. The van der Waals surface area contributed by atoms with Crippen molar-refractivity contribution in [3.63, 3.8) is 0 Å². The number of rotatable bonds is 5. The van der Waals surface area contributed by atoms with Gasteiger partial charge in [0.15, 0.2) is 0 Å². The summed E-state index contributed by atoms with van der Waals surface area (Å²) in [7, 11) is 0. The number of aliphatic hydroxyl groups is 1. The van der Waals surface area contributed by atoms with E-state index in [-0.39, 0.29) is 12.2 Å². The Bertz CT molecular complexity index is 980. The molecule has 0 atom stereocenters. The zero-order valence-corrected chi connectivity index (χ0v) is 16.1. The third-order valence-corrected chi connectivity index (χ3v) is 5.15. The van der Waals surface area contributed by atoms with Crippen LogP contribution in [0.1, 0.15) is 24.0 Å². The van der Waals surface area contributed by atoms with Gasteiger partial charge in [-0.15, -0.1) is 0 Å². The highest BCUT2D eigenvalue weighted by atomic mass is 19.1. The van der Waals surface area contributed by atoms with Gasteiger partial charge >= 0.3 is 0 Å². The zero-order valence-electron chi connectivity index (χ0n) is 16.1.